The third-order valence-corrected chi connectivity index (χ3v) is 3.32. The number of ether oxygens (including phenoxy) is 2. The summed E-state index contributed by atoms with van der Waals surface area (Å²) in [5.41, 5.74) is 7.06. The number of hydrogen-bond acceptors (Lipinski definition) is 3. The van der Waals surface area contributed by atoms with Crippen LogP contribution >= 0.6 is 15.9 Å². The van der Waals surface area contributed by atoms with Crippen molar-refractivity contribution in [1.82, 2.24) is 0 Å². The molecule has 1 aromatic carbocycles. The Morgan fingerprint density at radius 1 is 1.47 bits per heavy atom. The minimum Gasteiger partial charge on any atom is -0.454 e. The van der Waals surface area contributed by atoms with E-state index in [1.807, 2.05) is 12.1 Å². The second-order valence-corrected chi connectivity index (χ2v) is 4.49. The molecule has 1 heterocycles. The molecule has 0 aromatic heterocycles. The van der Waals surface area contributed by atoms with Crippen molar-refractivity contribution in [2.75, 3.05) is 6.79 Å². The number of nitrogens with two attached hydrogens (primary N) is 1. The first kappa shape index (κ1) is 10.8. The van der Waals surface area contributed by atoms with Crippen LogP contribution in [0.5, 0.6) is 11.5 Å². The van der Waals surface area contributed by atoms with Gasteiger partial charge in [0.15, 0.2) is 11.5 Å². The molecule has 0 saturated carbocycles. The van der Waals surface area contributed by atoms with Crippen LogP contribution in [-0.2, 0) is 6.42 Å². The predicted octanol–water partition coefficient (Wildman–Crippen LogP) is 2.46. The Morgan fingerprint density at radius 2 is 2.27 bits per heavy atom. The maximum absolute atomic E-state index is 5.95. The first-order chi connectivity index (χ1) is 7.22. The zero-order chi connectivity index (χ0) is 10.8. The van der Waals surface area contributed by atoms with Crippen LogP contribution in [0.25, 0.3) is 0 Å². The fraction of sp³-hybridized carbons (Fsp3) is 0.455. The summed E-state index contributed by atoms with van der Waals surface area (Å²) in [6.07, 6.45) is 1.76. The van der Waals surface area contributed by atoms with Gasteiger partial charge in [-0.25, -0.2) is 0 Å². The molecule has 1 unspecified atom stereocenters. The Morgan fingerprint density at radius 3 is 3.00 bits per heavy atom. The molecular weight excluding hydrogens is 258 g/mol. The Labute approximate surface area is 97.7 Å². The average molecular weight is 272 g/mol. The second kappa shape index (κ2) is 4.41. The van der Waals surface area contributed by atoms with Gasteiger partial charge in [0.2, 0.25) is 6.79 Å². The van der Waals surface area contributed by atoms with Crippen LogP contribution in [0.3, 0.4) is 0 Å². The van der Waals surface area contributed by atoms with Crippen molar-refractivity contribution in [3.05, 3.63) is 22.2 Å². The molecule has 0 amide bonds. The zero-order valence-electron chi connectivity index (χ0n) is 8.63. The van der Waals surface area contributed by atoms with Crippen molar-refractivity contribution in [1.29, 1.82) is 0 Å². The highest BCUT2D eigenvalue weighted by molar-refractivity contribution is 9.10. The maximum atomic E-state index is 5.95. The van der Waals surface area contributed by atoms with Gasteiger partial charge in [-0.2, -0.15) is 0 Å². The number of hydrogen-bond donors (Lipinski definition) is 1. The molecule has 0 fully saturated rings. The molecule has 15 heavy (non-hydrogen) atoms. The first-order valence-electron chi connectivity index (χ1n) is 5.05. The van der Waals surface area contributed by atoms with Crippen molar-refractivity contribution < 1.29 is 9.47 Å². The van der Waals surface area contributed by atoms with Crippen LogP contribution in [0.4, 0.5) is 0 Å². The Kier molecular flexibility index (Phi) is 3.17. The van der Waals surface area contributed by atoms with Crippen molar-refractivity contribution in [3.8, 4) is 11.5 Å². The summed E-state index contributed by atoms with van der Waals surface area (Å²) in [4.78, 5) is 0. The van der Waals surface area contributed by atoms with Crippen molar-refractivity contribution in [2.45, 2.75) is 25.8 Å². The monoisotopic (exact) mass is 271 g/mol. The maximum Gasteiger partial charge on any atom is 0.231 e. The molecule has 3 nitrogen and oxygen atoms in total. The summed E-state index contributed by atoms with van der Waals surface area (Å²) in [7, 11) is 0. The molecule has 2 N–H and O–H groups in total. The van der Waals surface area contributed by atoms with E-state index in [2.05, 4.69) is 22.9 Å². The summed E-state index contributed by atoms with van der Waals surface area (Å²) < 4.78 is 11.8. The Balaban J connectivity index is 2.33. The van der Waals surface area contributed by atoms with Crippen LogP contribution in [0.15, 0.2) is 16.6 Å². The largest absolute Gasteiger partial charge is 0.454 e. The summed E-state index contributed by atoms with van der Waals surface area (Å²) in [6.45, 7) is 2.39. The molecule has 1 aliphatic rings. The van der Waals surface area contributed by atoms with E-state index in [4.69, 9.17) is 15.2 Å². The van der Waals surface area contributed by atoms with Crippen molar-refractivity contribution >= 4 is 15.9 Å². The molecule has 0 bridgehead atoms. The van der Waals surface area contributed by atoms with E-state index in [1.165, 1.54) is 0 Å². The van der Waals surface area contributed by atoms with Crippen LogP contribution in [0.1, 0.15) is 18.9 Å². The van der Waals surface area contributed by atoms with Gasteiger partial charge < -0.3 is 15.2 Å². The van der Waals surface area contributed by atoms with E-state index in [0.29, 0.717) is 6.79 Å². The molecule has 4 heteroatoms. The molecule has 0 aliphatic carbocycles. The predicted molar refractivity (Wildman–Crippen MR) is 62.2 cm³/mol. The SMILES string of the molecule is CCC(N)Cc1c(Br)ccc2c1OCO2. The van der Waals surface area contributed by atoms with Gasteiger partial charge in [-0.15, -0.1) is 0 Å². The van der Waals surface area contributed by atoms with Crippen LogP contribution in [-0.4, -0.2) is 12.8 Å². The number of benzene rings is 1. The fourth-order valence-electron chi connectivity index (χ4n) is 1.60. The van der Waals surface area contributed by atoms with Gasteiger partial charge in [0, 0.05) is 16.1 Å². The molecule has 0 spiro atoms. The lowest BCUT2D eigenvalue weighted by Gasteiger charge is -2.12. The van der Waals surface area contributed by atoms with Gasteiger partial charge in [0.1, 0.15) is 0 Å². The average Bonchev–Trinajstić information content (AvgIpc) is 2.70. The standard InChI is InChI=1S/C11H14BrNO2/c1-2-7(13)5-8-9(12)3-4-10-11(8)15-6-14-10/h3-4,7H,2,5-6,13H2,1H3. The van der Waals surface area contributed by atoms with Crippen LogP contribution in [0.2, 0.25) is 0 Å². The smallest absolute Gasteiger partial charge is 0.231 e. The van der Waals surface area contributed by atoms with Gasteiger partial charge in [0.25, 0.3) is 0 Å². The summed E-state index contributed by atoms with van der Waals surface area (Å²) in [6, 6.07) is 4.05. The third-order valence-electron chi connectivity index (χ3n) is 2.58. The third kappa shape index (κ3) is 2.11. The molecule has 1 aliphatic heterocycles. The van der Waals surface area contributed by atoms with Crippen molar-refractivity contribution in [3.63, 3.8) is 0 Å². The normalized spacial score (nSPS) is 15.4. The van der Waals surface area contributed by atoms with E-state index in [0.717, 1.165) is 34.4 Å². The lowest BCUT2D eigenvalue weighted by atomic mass is 10.0. The minimum absolute atomic E-state index is 0.164. The highest BCUT2D eigenvalue weighted by Crippen LogP contribution is 2.40. The molecule has 1 aromatic rings. The number of halogens is 1. The summed E-state index contributed by atoms with van der Waals surface area (Å²) in [5, 5.41) is 0. The highest BCUT2D eigenvalue weighted by atomic mass is 79.9. The topological polar surface area (TPSA) is 44.5 Å². The van der Waals surface area contributed by atoms with E-state index in [-0.39, 0.29) is 6.04 Å². The van der Waals surface area contributed by atoms with Gasteiger partial charge >= 0.3 is 0 Å². The molecule has 2 rings (SSSR count). The first-order valence-corrected chi connectivity index (χ1v) is 5.84. The van der Waals surface area contributed by atoms with Gasteiger partial charge in [-0.3, -0.25) is 0 Å². The molecule has 0 radical (unpaired) electrons. The Hall–Kier alpha value is -0.740. The molecule has 0 saturated heterocycles. The van der Waals surface area contributed by atoms with Crippen molar-refractivity contribution in [2.24, 2.45) is 5.73 Å². The van der Waals surface area contributed by atoms with Crippen LogP contribution < -0.4 is 15.2 Å². The van der Waals surface area contributed by atoms with Gasteiger partial charge in [-0.05, 0) is 25.0 Å². The van der Waals surface area contributed by atoms with E-state index >= 15 is 0 Å². The van der Waals surface area contributed by atoms with Gasteiger partial charge in [0.05, 0.1) is 0 Å². The second-order valence-electron chi connectivity index (χ2n) is 3.63. The van der Waals surface area contributed by atoms with Gasteiger partial charge in [-0.1, -0.05) is 22.9 Å². The lowest BCUT2D eigenvalue weighted by molar-refractivity contribution is 0.173. The quantitative estimate of drug-likeness (QED) is 0.919. The molecule has 82 valence electrons. The number of fused-ring (bicyclic) bond motifs is 1. The summed E-state index contributed by atoms with van der Waals surface area (Å²) in [5.74, 6) is 1.66. The van der Waals surface area contributed by atoms with Crippen LogP contribution in [0, 0.1) is 0 Å². The Bertz CT molecular complexity index is 368. The lowest BCUT2D eigenvalue weighted by Crippen LogP contribution is -2.21. The van der Waals surface area contributed by atoms with E-state index < -0.39 is 0 Å². The van der Waals surface area contributed by atoms with E-state index in [1.54, 1.807) is 0 Å². The number of rotatable bonds is 3. The zero-order valence-corrected chi connectivity index (χ0v) is 10.2. The minimum atomic E-state index is 0.164. The summed E-state index contributed by atoms with van der Waals surface area (Å²) >= 11 is 3.52. The fourth-order valence-corrected chi connectivity index (χ4v) is 2.08. The molecule has 1 atom stereocenters. The van der Waals surface area contributed by atoms with E-state index in [9.17, 15) is 0 Å². The molecular formula is C11H14BrNO2. The highest BCUT2D eigenvalue weighted by Gasteiger charge is 2.20.